The number of hydrogen-bond acceptors (Lipinski definition) is 3. The monoisotopic (exact) mass is 200 g/mol. The van der Waals surface area contributed by atoms with Crippen LogP contribution in [0.15, 0.2) is 0 Å². The van der Waals surface area contributed by atoms with Crippen molar-refractivity contribution in [3.05, 3.63) is 0 Å². The second-order valence-corrected chi connectivity index (χ2v) is 3.73. The highest BCUT2D eigenvalue weighted by atomic mass is 16.4. The summed E-state index contributed by atoms with van der Waals surface area (Å²) in [5.74, 6) is -1.25. The molecule has 14 heavy (non-hydrogen) atoms. The van der Waals surface area contributed by atoms with Crippen molar-refractivity contribution in [3.8, 4) is 0 Å². The minimum atomic E-state index is -0.981. The Kier molecular flexibility index (Phi) is 3.46. The van der Waals surface area contributed by atoms with Crippen molar-refractivity contribution >= 4 is 11.9 Å². The molecule has 0 aromatic carbocycles. The van der Waals surface area contributed by atoms with Crippen molar-refractivity contribution in [1.29, 1.82) is 0 Å². The minimum Gasteiger partial charge on any atom is -0.480 e. The zero-order valence-electron chi connectivity index (χ0n) is 8.27. The molecular formula is C9H16N2O3. The van der Waals surface area contributed by atoms with Crippen LogP contribution in [0.2, 0.25) is 0 Å². The van der Waals surface area contributed by atoms with Gasteiger partial charge in [-0.25, -0.2) is 0 Å². The van der Waals surface area contributed by atoms with Crippen LogP contribution >= 0.6 is 0 Å². The van der Waals surface area contributed by atoms with Crippen LogP contribution in [0, 0.1) is 0 Å². The van der Waals surface area contributed by atoms with Gasteiger partial charge in [-0.2, -0.15) is 0 Å². The summed E-state index contributed by atoms with van der Waals surface area (Å²) in [7, 11) is 0. The first kappa shape index (κ1) is 11.0. The van der Waals surface area contributed by atoms with Gasteiger partial charge in [0.05, 0.1) is 6.04 Å². The highest BCUT2D eigenvalue weighted by Crippen LogP contribution is 2.24. The maximum absolute atomic E-state index is 11.6. The lowest BCUT2D eigenvalue weighted by molar-refractivity contribution is -0.148. The summed E-state index contributed by atoms with van der Waals surface area (Å²) in [5, 5.41) is 8.65. The maximum Gasteiger partial charge on any atom is 0.323 e. The Hall–Kier alpha value is -1.10. The second-order valence-electron chi connectivity index (χ2n) is 3.73. The average Bonchev–Trinajstić information content (AvgIpc) is 1.97. The lowest BCUT2D eigenvalue weighted by atomic mass is 9.91. The zero-order chi connectivity index (χ0) is 10.7. The normalized spacial score (nSPS) is 18.4. The maximum atomic E-state index is 11.6. The molecule has 0 aromatic heterocycles. The molecule has 0 saturated heterocycles. The SMILES string of the molecule is C[C@H](N)C(=O)N(CC(=O)O)C1CCC1. The fraction of sp³-hybridized carbons (Fsp3) is 0.778. The van der Waals surface area contributed by atoms with E-state index >= 15 is 0 Å². The van der Waals surface area contributed by atoms with Gasteiger partial charge in [-0.3, -0.25) is 9.59 Å². The van der Waals surface area contributed by atoms with Crippen molar-refractivity contribution in [2.45, 2.75) is 38.3 Å². The number of carbonyl (C=O) groups is 2. The molecule has 0 radical (unpaired) electrons. The van der Waals surface area contributed by atoms with E-state index in [1.807, 2.05) is 0 Å². The summed E-state index contributed by atoms with van der Waals surface area (Å²) in [6.07, 6.45) is 2.85. The third kappa shape index (κ3) is 2.45. The number of carbonyl (C=O) groups excluding carboxylic acids is 1. The number of nitrogens with two attached hydrogens (primary N) is 1. The third-order valence-corrected chi connectivity index (χ3v) is 2.49. The van der Waals surface area contributed by atoms with Crippen LogP contribution in [0.5, 0.6) is 0 Å². The molecule has 1 amide bonds. The summed E-state index contributed by atoms with van der Waals surface area (Å²) in [4.78, 5) is 23.5. The minimum absolute atomic E-state index is 0.0876. The fourth-order valence-corrected chi connectivity index (χ4v) is 1.49. The fourth-order valence-electron chi connectivity index (χ4n) is 1.49. The van der Waals surface area contributed by atoms with Crippen molar-refractivity contribution in [2.75, 3.05) is 6.54 Å². The van der Waals surface area contributed by atoms with Crippen molar-refractivity contribution in [3.63, 3.8) is 0 Å². The number of aliphatic carboxylic acids is 1. The van der Waals surface area contributed by atoms with Crippen LogP contribution in [0.1, 0.15) is 26.2 Å². The number of amides is 1. The van der Waals surface area contributed by atoms with Crippen molar-refractivity contribution in [2.24, 2.45) is 5.73 Å². The molecule has 0 spiro atoms. The van der Waals surface area contributed by atoms with Crippen LogP contribution < -0.4 is 5.73 Å². The Morgan fingerprint density at radius 1 is 1.57 bits per heavy atom. The molecule has 0 bridgehead atoms. The Morgan fingerprint density at radius 2 is 2.14 bits per heavy atom. The summed E-state index contributed by atoms with van der Waals surface area (Å²) in [6.45, 7) is 1.35. The van der Waals surface area contributed by atoms with E-state index in [1.165, 1.54) is 4.90 Å². The molecule has 1 rings (SSSR count). The van der Waals surface area contributed by atoms with E-state index in [0.29, 0.717) is 0 Å². The first-order valence-corrected chi connectivity index (χ1v) is 4.80. The Labute approximate surface area is 82.9 Å². The molecule has 0 unspecified atom stereocenters. The zero-order valence-corrected chi connectivity index (χ0v) is 8.27. The van der Waals surface area contributed by atoms with E-state index < -0.39 is 12.0 Å². The van der Waals surface area contributed by atoms with Gasteiger partial charge >= 0.3 is 5.97 Å². The number of rotatable bonds is 4. The van der Waals surface area contributed by atoms with Gasteiger partial charge in [-0.05, 0) is 26.2 Å². The molecule has 0 aliphatic heterocycles. The molecule has 1 aliphatic rings. The standard InChI is InChI=1S/C9H16N2O3/c1-6(10)9(14)11(5-8(12)13)7-3-2-4-7/h6-7H,2-5,10H2,1H3,(H,12,13)/t6-/m0/s1. The van der Waals surface area contributed by atoms with E-state index in [4.69, 9.17) is 10.8 Å². The summed E-state index contributed by atoms with van der Waals surface area (Å²) >= 11 is 0. The van der Waals surface area contributed by atoms with Crippen LogP contribution in [-0.4, -0.2) is 40.5 Å². The molecular weight excluding hydrogens is 184 g/mol. The summed E-state index contributed by atoms with van der Waals surface area (Å²) in [5.41, 5.74) is 5.44. The van der Waals surface area contributed by atoms with Gasteiger partial charge in [0.2, 0.25) is 5.91 Å². The van der Waals surface area contributed by atoms with Gasteiger partial charge in [0, 0.05) is 6.04 Å². The highest BCUT2D eigenvalue weighted by molar-refractivity contribution is 5.85. The molecule has 1 fully saturated rings. The first-order valence-electron chi connectivity index (χ1n) is 4.80. The predicted octanol–water partition coefficient (Wildman–Crippen LogP) is -0.201. The van der Waals surface area contributed by atoms with Crippen molar-refractivity contribution in [1.82, 2.24) is 4.90 Å². The molecule has 3 N–H and O–H groups in total. The Balaban J connectivity index is 2.60. The van der Waals surface area contributed by atoms with Gasteiger partial charge in [0.25, 0.3) is 0 Å². The van der Waals surface area contributed by atoms with Gasteiger partial charge in [0.1, 0.15) is 6.54 Å². The van der Waals surface area contributed by atoms with Crippen LogP contribution in [0.4, 0.5) is 0 Å². The van der Waals surface area contributed by atoms with E-state index in [2.05, 4.69) is 0 Å². The number of carboxylic acids is 1. The molecule has 1 saturated carbocycles. The molecule has 1 aliphatic carbocycles. The van der Waals surface area contributed by atoms with Crippen LogP contribution in [-0.2, 0) is 9.59 Å². The van der Waals surface area contributed by atoms with E-state index in [-0.39, 0.29) is 18.5 Å². The van der Waals surface area contributed by atoms with Crippen LogP contribution in [0.3, 0.4) is 0 Å². The first-order chi connectivity index (χ1) is 6.52. The Morgan fingerprint density at radius 3 is 2.43 bits per heavy atom. The van der Waals surface area contributed by atoms with Gasteiger partial charge in [-0.1, -0.05) is 0 Å². The highest BCUT2D eigenvalue weighted by Gasteiger charge is 2.31. The van der Waals surface area contributed by atoms with Crippen LogP contribution in [0.25, 0.3) is 0 Å². The summed E-state index contributed by atoms with van der Waals surface area (Å²) in [6, 6.07) is -0.528. The predicted molar refractivity (Wildman–Crippen MR) is 50.6 cm³/mol. The molecule has 5 nitrogen and oxygen atoms in total. The van der Waals surface area contributed by atoms with E-state index in [9.17, 15) is 9.59 Å². The Bertz CT molecular complexity index is 236. The third-order valence-electron chi connectivity index (χ3n) is 2.49. The number of carboxylic acid groups (broad SMARTS) is 1. The quantitative estimate of drug-likeness (QED) is 0.658. The summed E-state index contributed by atoms with van der Waals surface area (Å²) < 4.78 is 0. The molecule has 0 aromatic rings. The lowest BCUT2D eigenvalue weighted by Crippen LogP contribution is -2.51. The average molecular weight is 200 g/mol. The number of nitrogens with zero attached hydrogens (tertiary/aromatic N) is 1. The smallest absolute Gasteiger partial charge is 0.323 e. The topological polar surface area (TPSA) is 83.6 Å². The largest absolute Gasteiger partial charge is 0.480 e. The number of hydrogen-bond donors (Lipinski definition) is 2. The van der Waals surface area contributed by atoms with Gasteiger partial charge < -0.3 is 15.7 Å². The van der Waals surface area contributed by atoms with Gasteiger partial charge in [0.15, 0.2) is 0 Å². The van der Waals surface area contributed by atoms with E-state index in [1.54, 1.807) is 6.92 Å². The van der Waals surface area contributed by atoms with Crippen molar-refractivity contribution < 1.29 is 14.7 Å². The molecule has 0 heterocycles. The second kappa shape index (κ2) is 4.41. The lowest BCUT2D eigenvalue weighted by Gasteiger charge is -2.37. The molecule has 80 valence electrons. The van der Waals surface area contributed by atoms with Gasteiger partial charge in [-0.15, -0.1) is 0 Å². The molecule has 1 atom stereocenters. The molecule has 5 heteroatoms. The van der Waals surface area contributed by atoms with E-state index in [0.717, 1.165) is 19.3 Å².